The van der Waals surface area contributed by atoms with Gasteiger partial charge < -0.3 is 4.57 Å². The van der Waals surface area contributed by atoms with Crippen LogP contribution in [-0.2, 0) is 13.0 Å². The lowest BCUT2D eigenvalue weighted by Gasteiger charge is -2.10. The SMILES string of the molecule is CC(C)CCCCn1c(CCCl)nc2cccc(Cl)c21. The monoisotopic (exact) mass is 312 g/mol. The minimum atomic E-state index is 0.590. The molecule has 0 atom stereocenters. The molecule has 0 N–H and O–H groups in total. The van der Waals surface area contributed by atoms with Gasteiger partial charge in [0.05, 0.1) is 16.1 Å². The van der Waals surface area contributed by atoms with Gasteiger partial charge in [-0.15, -0.1) is 11.6 Å². The van der Waals surface area contributed by atoms with Crippen LogP contribution in [0.25, 0.3) is 11.0 Å². The number of rotatable bonds is 7. The summed E-state index contributed by atoms with van der Waals surface area (Å²) in [6, 6.07) is 5.90. The molecule has 0 bridgehead atoms. The molecule has 1 aromatic heterocycles. The average Bonchev–Trinajstić information content (AvgIpc) is 2.74. The maximum absolute atomic E-state index is 6.35. The fourth-order valence-corrected chi connectivity index (χ4v) is 2.97. The topological polar surface area (TPSA) is 17.8 Å². The largest absolute Gasteiger partial charge is 0.327 e. The molecule has 0 spiro atoms. The van der Waals surface area contributed by atoms with Crippen LogP contribution in [0.15, 0.2) is 18.2 Å². The lowest BCUT2D eigenvalue weighted by molar-refractivity contribution is 0.508. The minimum Gasteiger partial charge on any atom is -0.327 e. The standard InChI is InChI=1S/C16H22Cl2N2/c1-12(2)6-3-4-11-20-15(9-10-17)19-14-8-5-7-13(18)16(14)20/h5,7-8,12H,3-4,6,9-11H2,1-2H3. The maximum atomic E-state index is 6.35. The lowest BCUT2D eigenvalue weighted by atomic mass is 10.1. The molecule has 110 valence electrons. The van der Waals surface area contributed by atoms with Gasteiger partial charge in [0.1, 0.15) is 5.82 Å². The molecule has 0 aliphatic rings. The molecule has 4 heteroatoms. The quantitative estimate of drug-likeness (QED) is 0.501. The van der Waals surface area contributed by atoms with Crippen LogP contribution in [0.5, 0.6) is 0 Å². The molecule has 1 aromatic carbocycles. The summed E-state index contributed by atoms with van der Waals surface area (Å²) < 4.78 is 2.25. The minimum absolute atomic E-state index is 0.590. The number of imidazole rings is 1. The molecule has 0 fully saturated rings. The van der Waals surface area contributed by atoms with E-state index >= 15 is 0 Å². The molecule has 0 saturated carbocycles. The van der Waals surface area contributed by atoms with Crippen molar-refractivity contribution in [3.8, 4) is 0 Å². The molecule has 2 rings (SSSR count). The molecule has 2 aromatic rings. The molecular formula is C16H22Cl2N2. The highest BCUT2D eigenvalue weighted by molar-refractivity contribution is 6.35. The number of hydrogen-bond acceptors (Lipinski definition) is 1. The van der Waals surface area contributed by atoms with Gasteiger partial charge in [-0.3, -0.25) is 0 Å². The van der Waals surface area contributed by atoms with Crippen molar-refractivity contribution in [3.63, 3.8) is 0 Å². The van der Waals surface area contributed by atoms with E-state index in [4.69, 9.17) is 23.2 Å². The fourth-order valence-electron chi connectivity index (χ4n) is 2.53. The Kier molecular flexibility index (Phi) is 5.74. The number of fused-ring (bicyclic) bond motifs is 1. The van der Waals surface area contributed by atoms with Gasteiger partial charge >= 0.3 is 0 Å². The zero-order valence-corrected chi connectivity index (χ0v) is 13.7. The van der Waals surface area contributed by atoms with Crippen LogP contribution >= 0.6 is 23.2 Å². The maximum Gasteiger partial charge on any atom is 0.111 e. The third-order valence-electron chi connectivity index (χ3n) is 3.53. The summed E-state index contributed by atoms with van der Waals surface area (Å²) in [7, 11) is 0. The number of aromatic nitrogens is 2. The number of nitrogens with zero attached hydrogens (tertiary/aromatic N) is 2. The highest BCUT2D eigenvalue weighted by Crippen LogP contribution is 2.25. The van der Waals surface area contributed by atoms with E-state index in [0.29, 0.717) is 5.88 Å². The molecule has 0 aliphatic carbocycles. The van der Waals surface area contributed by atoms with E-state index in [9.17, 15) is 0 Å². The van der Waals surface area contributed by atoms with Gasteiger partial charge in [-0.1, -0.05) is 44.4 Å². The van der Waals surface area contributed by atoms with Crippen LogP contribution in [0.2, 0.25) is 5.02 Å². The highest BCUT2D eigenvalue weighted by Gasteiger charge is 2.12. The van der Waals surface area contributed by atoms with Crippen LogP contribution in [0.4, 0.5) is 0 Å². The summed E-state index contributed by atoms with van der Waals surface area (Å²) in [5.74, 6) is 2.40. The number of hydrogen-bond donors (Lipinski definition) is 0. The molecule has 0 unspecified atom stereocenters. The zero-order chi connectivity index (χ0) is 14.5. The summed E-state index contributed by atoms with van der Waals surface area (Å²) in [5, 5.41) is 0.777. The molecule has 20 heavy (non-hydrogen) atoms. The summed E-state index contributed by atoms with van der Waals surface area (Å²) in [5.41, 5.74) is 2.03. The van der Waals surface area contributed by atoms with Gasteiger partial charge in [0, 0.05) is 18.8 Å². The van der Waals surface area contributed by atoms with Crippen LogP contribution in [0, 0.1) is 5.92 Å². The Bertz CT molecular complexity index is 561. The number of aryl methyl sites for hydroxylation is 2. The highest BCUT2D eigenvalue weighted by atomic mass is 35.5. The van der Waals surface area contributed by atoms with Gasteiger partial charge in [-0.05, 0) is 24.5 Å². The summed E-state index contributed by atoms with van der Waals surface area (Å²) in [6.07, 6.45) is 4.45. The van der Waals surface area contributed by atoms with Crippen LogP contribution in [0.3, 0.4) is 0 Å². The van der Waals surface area contributed by atoms with Crippen molar-refractivity contribution in [2.24, 2.45) is 5.92 Å². The first-order chi connectivity index (χ1) is 9.63. The molecular weight excluding hydrogens is 291 g/mol. The Morgan fingerprint density at radius 3 is 2.75 bits per heavy atom. The van der Waals surface area contributed by atoms with Crippen molar-refractivity contribution in [1.29, 1.82) is 0 Å². The lowest BCUT2D eigenvalue weighted by Crippen LogP contribution is -2.05. The number of alkyl halides is 1. The first kappa shape index (κ1) is 15.7. The second-order valence-electron chi connectivity index (χ2n) is 5.62. The Morgan fingerprint density at radius 1 is 1.25 bits per heavy atom. The van der Waals surface area contributed by atoms with Gasteiger partial charge in [0.25, 0.3) is 0 Å². The Hall–Kier alpha value is -0.730. The van der Waals surface area contributed by atoms with Gasteiger partial charge in [-0.2, -0.15) is 0 Å². The van der Waals surface area contributed by atoms with E-state index in [1.807, 2.05) is 18.2 Å². The second-order valence-corrected chi connectivity index (χ2v) is 6.40. The van der Waals surface area contributed by atoms with E-state index in [1.54, 1.807) is 0 Å². The van der Waals surface area contributed by atoms with Gasteiger partial charge in [-0.25, -0.2) is 4.98 Å². The van der Waals surface area contributed by atoms with E-state index in [0.717, 1.165) is 47.2 Å². The predicted molar refractivity (Wildman–Crippen MR) is 87.9 cm³/mol. The second kappa shape index (κ2) is 7.33. The smallest absolute Gasteiger partial charge is 0.111 e. The normalized spacial score (nSPS) is 11.7. The van der Waals surface area contributed by atoms with Gasteiger partial charge in [0.2, 0.25) is 0 Å². The van der Waals surface area contributed by atoms with Crippen molar-refractivity contribution in [3.05, 3.63) is 29.0 Å². The van der Waals surface area contributed by atoms with E-state index in [1.165, 1.54) is 12.8 Å². The van der Waals surface area contributed by atoms with Crippen LogP contribution < -0.4 is 0 Å². The molecule has 0 radical (unpaired) electrons. The van der Waals surface area contributed by atoms with Crippen molar-refractivity contribution in [2.75, 3.05) is 5.88 Å². The number of benzene rings is 1. The number of unbranched alkanes of at least 4 members (excludes halogenated alkanes) is 1. The van der Waals surface area contributed by atoms with Crippen molar-refractivity contribution in [2.45, 2.75) is 46.1 Å². The van der Waals surface area contributed by atoms with Crippen molar-refractivity contribution < 1.29 is 0 Å². The summed E-state index contributed by atoms with van der Waals surface area (Å²) >= 11 is 12.2. The first-order valence-electron chi connectivity index (χ1n) is 7.33. The van der Waals surface area contributed by atoms with E-state index in [2.05, 4.69) is 23.4 Å². The first-order valence-corrected chi connectivity index (χ1v) is 8.24. The third kappa shape index (κ3) is 3.67. The van der Waals surface area contributed by atoms with Gasteiger partial charge in [0.15, 0.2) is 0 Å². The third-order valence-corrected chi connectivity index (χ3v) is 4.02. The number of para-hydroxylation sites is 1. The van der Waals surface area contributed by atoms with Crippen molar-refractivity contribution in [1.82, 2.24) is 9.55 Å². The fraction of sp³-hybridized carbons (Fsp3) is 0.562. The molecule has 0 aliphatic heterocycles. The summed E-state index contributed by atoms with van der Waals surface area (Å²) in [4.78, 5) is 4.67. The molecule has 1 heterocycles. The van der Waals surface area contributed by atoms with Crippen LogP contribution in [0.1, 0.15) is 38.9 Å². The van der Waals surface area contributed by atoms with Crippen LogP contribution in [-0.4, -0.2) is 15.4 Å². The number of halogens is 2. The van der Waals surface area contributed by atoms with E-state index < -0.39 is 0 Å². The Labute approximate surface area is 131 Å². The zero-order valence-electron chi connectivity index (χ0n) is 12.2. The van der Waals surface area contributed by atoms with Crippen molar-refractivity contribution >= 4 is 34.2 Å². The Morgan fingerprint density at radius 2 is 2.05 bits per heavy atom. The Balaban J connectivity index is 2.21. The average molecular weight is 313 g/mol. The molecule has 2 nitrogen and oxygen atoms in total. The molecule has 0 saturated heterocycles. The predicted octanol–water partition coefficient (Wildman–Crippen LogP) is 5.30. The summed E-state index contributed by atoms with van der Waals surface area (Å²) in [6.45, 7) is 5.50. The van der Waals surface area contributed by atoms with E-state index in [-0.39, 0.29) is 0 Å². The molecule has 0 amide bonds.